The van der Waals surface area contributed by atoms with Crippen LogP contribution in [0.5, 0.6) is 5.75 Å². The van der Waals surface area contributed by atoms with Crippen LogP contribution in [0.4, 0.5) is 5.69 Å². The van der Waals surface area contributed by atoms with Crippen molar-refractivity contribution in [3.8, 4) is 5.75 Å². The summed E-state index contributed by atoms with van der Waals surface area (Å²) in [6.45, 7) is 4.06. The van der Waals surface area contributed by atoms with Crippen molar-refractivity contribution < 1.29 is 9.53 Å². The molecule has 0 aliphatic carbocycles. The van der Waals surface area contributed by atoms with Crippen molar-refractivity contribution >= 4 is 11.6 Å². The van der Waals surface area contributed by atoms with Crippen LogP contribution in [-0.4, -0.2) is 13.0 Å². The van der Waals surface area contributed by atoms with E-state index in [9.17, 15) is 4.79 Å². The van der Waals surface area contributed by atoms with Crippen molar-refractivity contribution in [3.63, 3.8) is 0 Å². The third-order valence-electron chi connectivity index (χ3n) is 3.18. The predicted octanol–water partition coefficient (Wildman–Crippen LogP) is 2.59. The first-order valence-corrected chi connectivity index (χ1v) is 5.60. The van der Waals surface area contributed by atoms with Crippen molar-refractivity contribution in [2.75, 3.05) is 12.4 Å². The number of carbonyl (C=O) groups is 1. The third kappa shape index (κ3) is 1.77. The minimum absolute atomic E-state index is 0.106. The Bertz CT molecular complexity index is 438. The van der Waals surface area contributed by atoms with Crippen molar-refractivity contribution in [2.45, 2.75) is 33.1 Å². The second-order valence-electron chi connectivity index (χ2n) is 4.28. The maximum Gasteiger partial charge on any atom is 0.224 e. The Morgan fingerprint density at radius 1 is 1.31 bits per heavy atom. The highest BCUT2D eigenvalue weighted by Gasteiger charge is 2.18. The first-order valence-electron chi connectivity index (χ1n) is 5.60. The van der Waals surface area contributed by atoms with Crippen LogP contribution < -0.4 is 10.1 Å². The lowest BCUT2D eigenvalue weighted by Gasteiger charge is -2.16. The van der Waals surface area contributed by atoms with Gasteiger partial charge in [-0.1, -0.05) is 0 Å². The van der Waals surface area contributed by atoms with Gasteiger partial charge in [-0.05, 0) is 43.9 Å². The van der Waals surface area contributed by atoms with Gasteiger partial charge in [-0.2, -0.15) is 0 Å². The monoisotopic (exact) mass is 219 g/mol. The number of aryl methyl sites for hydroxylation is 1. The van der Waals surface area contributed by atoms with E-state index in [-0.39, 0.29) is 5.91 Å². The van der Waals surface area contributed by atoms with Crippen LogP contribution in [0.25, 0.3) is 0 Å². The van der Waals surface area contributed by atoms with Crippen LogP contribution >= 0.6 is 0 Å². The zero-order chi connectivity index (χ0) is 11.7. The lowest BCUT2D eigenvalue weighted by molar-refractivity contribution is -0.116. The first kappa shape index (κ1) is 11.0. The Kier molecular flexibility index (Phi) is 2.86. The fraction of sp³-hybridized carbons (Fsp3) is 0.462. The van der Waals surface area contributed by atoms with E-state index in [1.54, 1.807) is 7.11 Å². The molecule has 1 aliphatic heterocycles. The number of hydrogen-bond donors (Lipinski definition) is 1. The highest BCUT2D eigenvalue weighted by atomic mass is 16.5. The Balaban J connectivity index is 2.59. The van der Waals surface area contributed by atoms with Crippen LogP contribution in [0.2, 0.25) is 0 Å². The summed E-state index contributed by atoms with van der Waals surface area (Å²) in [7, 11) is 1.66. The molecule has 2 rings (SSSR count). The normalized spacial score (nSPS) is 15.1. The number of ether oxygens (including phenoxy) is 1. The molecular formula is C13H17NO2. The number of carbonyl (C=O) groups excluding carboxylic acids is 1. The van der Waals surface area contributed by atoms with Gasteiger partial charge in [-0.15, -0.1) is 0 Å². The SMILES string of the molecule is COc1cc(C)c2c(c1C)NC(=O)CCC2. The summed E-state index contributed by atoms with van der Waals surface area (Å²) in [4.78, 5) is 11.6. The van der Waals surface area contributed by atoms with Gasteiger partial charge in [-0.25, -0.2) is 0 Å². The van der Waals surface area contributed by atoms with Crippen LogP contribution in [0.1, 0.15) is 29.5 Å². The van der Waals surface area contributed by atoms with E-state index in [0.717, 1.165) is 29.8 Å². The smallest absolute Gasteiger partial charge is 0.224 e. The van der Waals surface area contributed by atoms with Crippen LogP contribution in [0.3, 0.4) is 0 Å². The van der Waals surface area contributed by atoms with Crippen molar-refractivity contribution in [1.82, 2.24) is 0 Å². The number of hydrogen-bond acceptors (Lipinski definition) is 2. The van der Waals surface area contributed by atoms with Crippen LogP contribution in [0, 0.1) is 13.8 Å². The largest absolute Gasteiger partial charge is 0.496 e. The number of anilines is 1. The van der Waals surface area contributed by atoms with Crippen molar-refractivity contribution in [1.29, 1.82) is 0 Å². The van der Waals surface area contributed by atoms with Gasteiger partial charge in [0, 0.05) is 12.0 Å². The van der Waals surface area contributed by atoms with E-state index in [2.05, 4.69) is 12.2 Å². The zero-order valence-corrected chi connectivity index (χ0v) is 10.0. The molecule has 1 aliphatic rings. The number of nitrogens with one attached hydrogen (secondary N) is 1. The minimum atomic E-state index is 0.106. The quantitative estimate of drug-likeness (QED) is 0.788. The van der Waals surface area contributed by atoms with E-state index < -0.39 is 0 Å². The zero-order valence-electron chi connectivity index (χ0n) is 10.0. The maximum absolute atomic E-state index is 11.6. The molecule has 0 unspecified atom stereocenters. The highest BCUT2D eigenvalue weighted by molar-refractivity contribution is 5.94. The summed E-state index contributed by atoms with van der Waals surface area (Å²) < 4.78 is 5.32. The second kappa shape index (κ2) is 4.16. The Hall–Kier alpha value is -1.51. The predicted molar refractivity (Wildman–Crippen MR) is 64.0 cm³/mol. The lowest BCUT2D eigenvalue weighted by atomic mass is 9.98. The summed E-state index contributed by atoms with van der Waals surface area (Å²) in [5, 5.41) is 2.99. The first-order chi connectivity index (χ1) is 7.63. The van der Waals surface area contributed by atoms with Gasteiger partial charge in [0.25, 0.3) is 0 Å². The molecule has 3 heteroatoms. The van der Waals surface area contributed by atoms with Crippen molar-refractivity contribution in [3.05, 3.63) is 22.8 Å². The number of methoxy groups -OCH3 is 1. The summed E-state index contributed by atoms with van der Waals surface area (Å²) in [5.74, 6) is 0.952. The molecule has 1 aromatic rings. The number of fused-ring (bicyclic) bond motifs is 1. The number of benzene rings is 1. The second-order valence-corrected chi connectivity index (χ2v) is 4.28. The molecule has 0 bridgehead atoms. The van der Waals surface area contributed by atoms with Crippen molar-refractivity contribution in [2.24, 2.45) is 0 Å². The molecule has 0 spiro atoms. The Morgan fingerprint density at radius 2 is 2.06 bits per heavy atom. The molecule has 1 aromatic carbocycles. The average molecular weight is 219 g/mol. The molecule has 1 N–H and O–H groups in total. The summed E-state index contributed by atoms with van der Waals surface area (Å²) in [6, 6.07) is 2.05. The van der Waals surface area contributed by atoms with Crippen LogP contribution in [-0.2, 0) is 11.2 Å². The maximum atomic E-state index is 11.6. The molecule has 0 fully saturated rings. The molecular weight excluding hydrogens is 202 g/mol. The highest BCUT2D eigenvalue weighted by Crippen LogP contribution is 2.34. The third-order valence-corrected chi connectivity index (χ3v) is 3.18. The van der Waals surface area contributed by atoms with E-state index >= 15 is 0 Å². The fourth-order valence-corrected chi connectivity index (χ4v) is 2.27. The molecule has 1 amide bonds. The molecule has 86 valence electrons. The lowest BCUT2D eigenvalue weighted by Crippen LogP contribution is -2.11. The molecule has 0 atom stereocenters. The molecule has 16 heavy (non-hydrogen) atoms. The van der Waals surface area contributed by atoms with Gasteiger partial charge in [0.1, 0.15) is 5.75 Å². The van der Waals surface area contributed by atoms with Gasteiger partial charge >= 0.3 is 0 Å². The Morgan fingerprint density at radius 3 is 2.75 bits per heavy atom. The topological polar surface area (TPSA) is 38.3 Å². The molecule has 3 nitrogen and oxygen atoms in total. The Labute approximate surface area is 95.8 Å². The molecule has 0 radical (unpaired) electrons. The molecule has 1 heterocycles. The van der Waals surface area contributed by atoms with Gasteiger partial charge in [0.05, 0.1) is 12.8 Å². The van der Waals surface area contributed by atoms with Gasteiger partial charge in [0.15, 0.2) is 0 Å². The van der Waals surface area contributed by atoms with E-state index in [4.69, 9.17) is 4.74 Å². The fourth-order valence-electron chi connectivity index (χ4n) is 2.27. The van der Waals surface area contributed by atoms with Crippen LogP contribution in [0.15, 0.2) is 6.07 Å². The van der Waals surface area contributed by atoms with Gasteiger partial charge in [-0.3, -0.25) is 4.79 Å². The number of amides is 1. The van der Waals surface area contributed by atoms with E-state index in [0.29, 0.717) is 6.42 Å². The number of rotatable bonds is 1. The molecule has 0 saturated heterocycles. The summed E-state index contributed by atoms with van der Waals surface area (Å²) in [5.41, 5.74) is 4.43. The van der Waals surface area contributed by atoms with Gasteiger partial charge < -0.3 is 10.1 Å². The van der Waals surface area contributed by atoms with E-state index in [1.807, 2.05) is 13.0 Å². The van der Waals surface area contributed by atoms with E-state index in [1.165, 1.54) is 11.1 Å². The summed E-state index contributed by atoms with van der Waals surface area (Å²) >= 11 is 0. The average Bonchev–Trinajstić information content (AvgIpc) is 2.45. The van der Waals surface area contributed by atoms with Gasteiger partial charge in [0.2, 0.25) is 5.91 Å². The molecule has 0 aromatic heterocycles. The standard InChI is InChI=1S/C13H17NO2/c1-8-7-11(16-3)9(2)13-10(8)5-4-6-12(15)14-13/h7H,4-6H2,1-3H3,(H,14,15). The minimum Gasteiger partial charge on any atom is -0.496 e. The summed E-state index contributed by atoms with van der Waals surface area (Å²) in [6.07, 6.45) is 2.49. The molecule has 0 saturated carbocycles.